The number of carbonyl (C=O) groups excluding carboxylic acids is 1. The Balaban J connectivity index is 1.61. The van der Waals surface area contributed by atoms with Crippen molar-refractivity contribution in [3.63, 3.8) is 0 Å². The van der Waals surface area contributed by atoms with Gasteiger partial charge in [-0.25, -0.2) is 4.79 Å². The lowest BCUT2D eigenvalue weighted by Crippen LogP contribution is -2.36. The van der Waals surface area contributed by atoms with E-state index in [0.717, 1.165) is 16.5 Å². The van der Waals surface area contributed by atoms with Gasteiger partial charge < -0.3 is 15.2 Å². The van der Waals surface area contributed by atoms with Crippen molar-refractivity contribution in [2.24, 2.45) is 0 Å². The lowest BCUT2D eigenvalue weighted by atomic mass is 10.1. The number of urea groups is 1. The number of nitrogens with one attached hydrogen (secondary N) is 2. The summed E-state index contributed by atoms with van der Waals surface area (Å²) in [7, 11) is 0. The van der Waals surface area contributed by atoms with Crippen LogP contribution in [0.2, 0.25) is 0 Å². The van der Waals surface area contributed by atoms with Crippen LogP contribution in [0.25, 0.3) is 10.9 Å². The minimum atomic E-state index is -5.03. The molecule has 2 amide bonds. The van der Waals surface area contributed by atoms with Gasteiger partial charge in [-0.05, 0) is 55.3 Å². The van der Waals surface area contributed by atoms with Gasteiger partial charge in [0.15, 0.2) is 0 Å². The van der Waals surface area contributed by atoms with Crippen molar-refractivity contribution in [3.8, 4) is 0 Å². The fourth-order valence-electron chi connectivity index (χ4n) is 3.96. The molecule has 0 aliphatic carbocycles. The number of fused-ring (bicyclic) bond motifs is 1. The Morgan fingerprint density at radius 1 is 0.946 bits per heavy atom. The van der Waals surface area contributed by atoms with Crippen LogP contribution in [0, 0.1) is 6.92 Å². The smallest absolute Gasteiger partial charge is 0.361 e. The summed E-state index contributed by atoms with van der Waals surface area (Å²) in [5.41, 5.74) is -0.606. The lowest BCUT2D eigenvalue weighted by molar-refractivity contribution is -0.143. The van der Waals surface area contributed by atoms with Gasteiger partial charge in [0.1, 0.15) is 0 Å². The fraction of sp³-hybridized carbons (Fsp3) is 0.231. The monoisotopic (exact) mass is 520 g/mol. The molecule has 2 N–H and O–H groups in total. The molecule has 0 aliphatic heterocycles. The summed E-state index contributed by atoms with van der Waals surface area (Å²) in [6.45, 7) is 1.90. The van der Waals surface area contributed by atoms with Crippen LogP contribution in [0.5, 0.6) is 0 Å². The van der Waals surface area contributed by atoms with Crippen LogP contribution in [0.3, 0.4) is 0 Å². The third-order valence-corrected chi connectivity index (χ3v) is 5.75. The van der Waals surface area contributed by atoms with E-state index in [4.69, 9.17) is 0 Å². The maximum absolute atomic E-state index is 13.3. The molecule has 0 radical (unpaired) electrons. The highest BCUT2D eigenvalue weighted by atomic mass is 19.4. The predicted molar refractivity (Wildman–Crippen MR) is 127 cm³/mol. The molecule has 4 rings (SSSR count). The number of hydrogen-bond acceptors (Lipinski definition) is 2. The van der Waals surface area contributed by atoms with E-state index in [-0.39, 0.29) is 19.2 Å². The zero-order chi connectivity index (χ0) is 26.8. The number of nitrogens with zero attached hydrogens (tertiary/aromatic N) is 2. The van der Waals surface area contributed by atoms with Crippen LogP contribution >= 0.6 is 0 Å². The summed E-state index contributed by atoms with van der Waals surface area (Å²) < 4.78 is 79.6. The predicted octanol–water partition coefficient (Wildman–Crippen LogP) is 7.19. The van der Waals surface area contributed by atoms with Crippen molar-refractivity contribution < 1.29 is 31.1 Å². The third kappa shape index (κ3) is 6.41. The van der Waals surface area contributed by atoms with E-state index in [1.54, 1.807) is 31.3 Å². The highest BCUT2D eigenvalue weighted by Gasteiger charge is 2.37. The summed E-state index contributed by atoms with van der Waals surface area (Å²) in [5.74, 6) is 0. The van der Waals surface area contributed by atoms with Crippen molar-refractivity contribution in [2.75, 3.05) is 11.9 Å². The van der Waals surface area contributed by atoms with Crippen molar-refractivity contribution in [1.29, 1.82) is 0 Å². The van der Waals surface area contributed by atoms with Crippen LogP contribution in [0.15, 0.2) is 66.9 Å². The summed E-state index contributed by atoms with van der Waals surface area (Å²) >= 11 is 0. The Morgan fingerprint density at radius 3 is 2.27 bits per heavy atom. The number of aromatic nitrogens is 2. The number of amides is 2. The zero-order valence-electron chi connectivity index (χ0n) is 19.5. The molecule has 0 atom stereocenters. The molecule has 5 nitrogen and oxygen atoms in total. The number of halogens is 6. The first-order chi connectivity index (χ1) is 17.4. The number of anilines is 1. The first-order valence-corrected chi connectivity index (χ1v) is 11.2. The SMILES string of the molecule is Cc1cccc(CN(CCc2c[nH]c3ccccc23)C(=O)Nc2cc(C(F)(F)F)cc(C(F)(F)F)c2)n1. The van der Waals surface area contributed by atoms with Gasteiger partial charge in [0.25, 0.3) is 0 Å². The lowest BCUT2D eigenvalue weighted by Gasteiger charge is -2.24. The molecule has 0 spiro atoms. The van der Waals surface area contributed by atoms with E-state index in [0.29, 0.717) is 29.9 Å². The quantitative estimate of drug-likeness (QED) is 0.265. The largest absolute Gasteiger partial charge is 0.416 e. The number of aryl methyl sites for hydroxylation is 1. The number of pyridine rings is 1. The molecule has 2 aromatic carbocycles. The molecule has 0 saturated carbocycles. The van der Waals surface area contributed by atoms with Gasteiger partial charge in [-0.15, -0.1) is 0 Å². The molecule has 0 saturated heterocycles. The number of rotatable bonds is 6. The molecule has 0 bridgehead atoms. The van der Waals surface area contributed by atoms with E-state index >= 15 is 0 Å². The second-order valence-electron chi connectivity index (χ2n) is 8.53. The first-order valence-electron chi connectivity index (χ1n) is 11.2. The van der Waals surface area contributed by atoms with Crippen molar-refractivity contribution in [2.45, 2.75) is 32.2 Å². The van der Waals surface area contributed by atoms with Crippen molar-refractivity contribution >= 4 is 22.6 Å². The highest BCUT2D eigenvalue weighted by Crippen LogP contribution is 2.37. The molecule has 37 heavy (non-hydrogen) atoms. The van der Waals surface area contributed by atoms with Crippen LogP contribution in [0.1, 0.15) is 28.1 Å². The van der Waals surface area contributed by atoms with Crippen LogP contribution < -0.4 is 5.32 Å². The number of carbonyl (C=O) groups is 1. The second kappa shape index (κ2) is 10.2. The van der Waals surface area contributed by atoms with E-state index in [9.17, 15) is 31.1 Å². The number of hydrogen-bond donors (Lipinski definition) is 2. The van der Waals surface area contributed by atoms with Crippen molar-refractivity contribution in [3.05, 3.63) is 94.9 Å². The summed E-state index contributed by atoms with van der Waals surface area (Å²) in [4.78, 5) is 22.0. The van der Waals surface area contributed by atoms with Gasteiger partial charge in [-0.2, -0.15) is 26.3 Å². The molecule has 0 unspecified atom stereocenters. The van der Waals surface area contributed by atoms with Gasteiger partial charge in [0.2, 0.25) is 0 Å². The number of H-pyrrole nitrogens is 1. The number of benzene rings is 2. The van der Waals surface area contributed by atoms with Gasteiger partial charge >= 0.3 is 18.4 Å². The average Bonchev–Trinajstić information content (AvgIpc) is 3.23. The third-order valence-electron chi connectivity index (χ3n) is 5.75. The summed E-state index contributed by atoms with van der Waals surface area (Å²) in [6.07, 6.45) is -7.86. The Morgan fingerprint density at radius 2 is 1.62 bits per heavy atom. The van der Waals surface area contributed by atoms with E-state index in [1.807, 2.05) is 24.3 Å². The van der Waals surface area contributed by atoms with E-state index in [2.05, 4.69) is 15.3 Å². The molecule has 4 aromatic rings. The minimum absolute atomic E-state index is 0.000951. The van der Waals surface area contributed by atoms with Crippen LogP contribution in [-0.4, -0.2) is 27.4 Å². The number of aromatic amines is 1. The Kier molecular flexibility index (Phi) is 7.15. The molecule has 0 aliphatic rings. The Hall–Kier alpha value is -4.02. The van der Waals surface area contributed by atoms with Crippen molar-refractivity contribution in [1.82, 2.24) is 14.9 Å². The molecular weight excluding hydrogens is 498 g/mol. The average molecular weight is 520 g/mol. The second-order valence-corrected chi connectivity index (χ2v) is 8.53. The number of alkyl halides is 6. The molecule has 2 heterocycles. The molecule has 2 aromatic heterocycles. The van der Waals surface area contributed by atoms with Crippen LogP contribution in [-0.2, 0) is 25.3 Å². The standard InChI is InChI=1S/C26H22F6N4O/c1-16-5-4-6-20(34-16)15-36(10-9-17-14-33-23-8-3-2-7-22(17)23)24(37)35-21-12-18(25(27,28)29)11-19(13-21)26(30,31)32/h2-8,11-14,33H,9-10,15H2,1H3,(H,35,37). The van der Waals surface area contributed by atoms with Crippen LogP contribution in [0.4, 0.5) is 36.8 Å². The number of para-hydroxylation sites is 1. The Bertz CT molecular complexity index is 1380. The highest BCUT2D eigenvalue weighted by molar-refractivity contribution is 5.89. The normalized spacial score (nSPS) is 12.1. The first kappa shape index (κ1) is 26.1. The van der Waals surface area contributed by atoms with E-state index in [1.165, 1.54) is 4.90 Å². The summed E-state index contributed by atoms with van der Waals surface area (Å²) in [5, 5.41) is 3.17. The Labute approximate surface area is 208 Å². The van der Waals surface area contributed by atoms with Gasteiger partial charge in [-0.3, -0.25) is 4.98 Å². The molecular formula is C26H22F6N4O. The molecule has 194 valence electrons. The molecule has 0 fully saturated rings. The topological polar surface area (TPSA) is 61.0 Å². The maximum Gasteiger partial charge on any atom is 0.416 e. The molecule has 11 heteroatoms. The van der Waals surface area contributed by atoms with Gasteiger partial charge in [0, 0.05) is 35.0 Å². The van der Waals surface area contributed by atoms with Gasteiger partial charge in [0.05, 0.1) is 23.4 Å². The maximum atomic E-state index is 13.3. The minimum Gasteiger partial charge on any atom is -0.361 e. The zero-order valence-corrected chi connectivity index (χ0v) is 19.5. The van der Waals surface area contributed by atoms with E-state index < -0.39 is 35.2 Å². The van der Waals surface area contributed by atoms with Gasteiger partial charge in [-0.1, -0.05) is 24.3 Å². The summed E-state index contributed by atoms with van der Waals surface area (Å²) in [6, 6.07) is 12.9. The fourth-order valence-corrected chi connectivity index (χ4v) is 3.96.